The first-order chi connectivity index (χ1) is 17.5. The second-order valence-corrected chi connectivity index (χ2v) is 10.2. The van der Waals surface area contributed by atoms with Crippen LogP contribution in [0.1, 0.15) is 28.8 Å². The van der Waals surface area contributed by atoms with Gasteiger partial charge in [0, 0.05) is 24.5 Å². The summed E-state index contributed by atoms with van der Waals surface area (Å²) in [4.78, 5) is 33.5. The zero-order valence-electron chi connectivity index (χ0n) is 20.2. The summed E-state index contributed by atoms with van der Waals surface area (Å²) < 4.78 is 26.7. The zero-order chi connectivity index (χ0) is 25.3. The summed E-state index contributed by atoms with van der Waals surface area (Å²) in [5, 5.41) is 1.96. The van der Waals surface area contributed by atoms with E-state index in [4.69, 9.17) is 0 Å². The van der Waals surface area contributed by atoms with Crippen molar-refractivity contribution in [3.8, 4) is 0 Å². The second-order valence-electron chi connectivity index (χ2n) is 9.12. The van der Waals surface area contributed by atoms with Gasteiger partial charge in [-0.15, -0.1) is 11.3 Å². The summed E-state index contributed by atoms with van der Waals surface area (Å²) in [5.74, 6) is -1.000. The fourth-order valence-corrected chi connectivity index (χ4v) is 5.06. The lowest BCUT2D eigenvalue weighted by atomic mass is 10.1. The largest absolute Gasteiger partial charge is 0.332 e. The lowest BCUT2D eigenvalue weighted by Crippen LogP contribution is -2.45. The van der Waals surface area contributed by atoms with Gasteiger partial charge in [0.2, 0.25) is 11.8 Å². The lowest BCUT2D eigenvalue weighted by Gasteiger charge is -2.29. The highest BCUT2D eigenvalue weighted by atomic mass is 32.1. The molecular formula is C28H31F2N3O2S. The Kier molecular flexibility index (Phi) is 9.19. The van der Waals surface area contributed by atoms with Crippen LogP contribution in [-0.2, 0) is 29.1 Å². The fraction of sp³-hybridized carbons (Fsp3) is 0.357. The lowest BCUT2D eigenvalue weighted by molar-refractivity contribution is -0.141. The number of hydrogen-bond donors (Lipinski definition) is 0. The SMILES string of the molecule is O=C(Cc1ccc(F)cc1)N(CCN1CCCC1)CC(=O)N(Cc1ccc(F)cc1)Cc1cccs1. The van der Waals surface area contributed by atoms with Gasteiger partial charge in [-0.25, -0.2) is 8.78 Å². The van der Waals surface area contributed by atoms with Crippen molar-refractivity contribution in [1.29, 1.82) is 0 Å². The van der Waals surface area contributed by atoms with Crippen molar-refractivity contribution < 1.29 is 18.4 Å². The first-order valence-corrected chi connectivity index (χ1v) is 13.1. The quantitative estimate of drug-likeness (QED) is 0.374. The van der Waals surface area contributed by atoms with Crippen LogP contribution in [0.25, 0.3) is 0 Å². The number of likely N-dealkylation sites (tertiary alicyclic amines) is 1. The molecule has 0 atom stereocenters. The Morgan fingerprint density at radius 1 is 0.806 bits per heavy atom. The molecule has 3 aromatic rings. The minimum atomic E-state index is -0.350. The Labute approximate surface area is 214 Å². The fourth-order valence-electron chi connectivity index (χ4n) is 4.35. The average Bonchev–Trinajstić information content (AvgIpc) is 3.58. The average molecular weight is 512 g/mol. The van der Waals surface area contributed by atoms with E-state index < -0.39 is 0 Å². The summed E-state index contributed by atoms with van der Waals surface area (Å²) in [6.45, 7) is 3.87. The van der Waals surface area contributed by atoms with E-state index in [9.17, 15) is 18.4 Å². The van der Waals surface area contributed by atoms with E-state index in [1.807, 2.05) is 17.5 Å². The number of carbonyl (C=O) groups is 2. The molecule has 0 spiro atoms. The molecule has 0 radical (unpaired) electrons. The number of hydrogen-bond acceptors (Lipinski definition) is 4. The van der Waals surface area contributed by atoms with E-state index in [1.165, 1.54) is 24.3 Å². The van der Waals surface area contributed by atoms with Gasteiger partial charge in [0.15, 0.2) is 0 Å². The van der Waals surface area contributed by atoms with E-state index >= 15 is 0 Å². The summed E-state index contributed by atoms with van der Waals surface area (Å²) in [6, 6.07) is 15.9. The van der Waals surface area contributed by atoms with Gasteiger partial charge in [-0.1, -0.05) is 30.3 Å². The van der Waals surface area contributed by atoms with Crippen LogP contribution < -0.4 is 0 Å². The molecule has 2 heterocycles. The number of thiophene rings is 1. The maximum Gasteiger partial charge on any atom is 0.242 e. The Hall–Kier alpha value is -3.10. The van der Waals surface area contributed by atoms with Crippen LogP contribution in [0.2, 0.25) is 0 Å². The summed E-state index contributed by atoms with van der Waals surface area (Å²) in [6.07, 6.45) is 2.40. The van der Waals surface area contributed by atoms with Crippen LogP contribution in [0.4, 0.5) is 8.78 Å². The number of amides is 2. The summed E-state index contributed by atoms with van der Waals surface area (Å²) in [5.41, 5.74) is 1.53. The van der Waals surface area contributed by atoms with Crippen molar-refractivity contribution in [3.05, 3.63) is 93.7 Å². The normalized spacial score (nSPS) is 13.6. The molecule has 1 aliphatic rings. The third-order valence-corrected chi connectivity index (χ3v) is 7.26. The van der Waals surface area contributed by atoms with E-state index in [0.717, 1.165) is 36.4 Å². The van der Waals surface area contributed by atoms with Crippen LogP contribution in [0.15, 0.2) is 66.0 Å². The maximum atomic E-state index is 13.5. The standard InChI is InChI=1S/C28H31F2N3O2S/c29-24-9-5-22(6-10-24)18-27(34)32(16-15-31-13-1-2-14-31)21-28(35)33(20-26-4-3-17-36-26)19-23-7-11-25(30)12-8-23/h3-12,17H,1-2,13-16,18-21H2. The molecule has 0 saturated carbocycles. The third kappa shape index (κ3) is 7.70. The van der Waals surface area contributed by atoms with Crippen molar-refractivity contribution in [2.45, 2.75) is 32.4 Å². The number of halogens is 2. The number of rotatable bonds is 11. The van der Waals surface area contributed by atoms with Gasteiger partial charge in [-0.2, -0.15) is 0 Å². The molecule has 1 fully saturated rings. The van der Waals surface area contributed by atoms with Gasteiger partial charge in [0.05, 0.1) is 19.5 Å². The highest BCUT2D eigenvalue weighted by Crippen LogP contribution is 2.16. The van der Waals surface area contributed by atoms with Crippen molar-refractivity contribution in [2.75, 3.05) is 32.7 Å². The minimum Gasteiger partial charge on any atom is -0.332 e. The molecule has 1 aliphatic heterocycles. The number of nitrogens with zero attached hydrogens (tertiary/aromatic N) is 3. The highest BCUT2D eigenvalue weighted by Gasteiger charge is 2.23. The molecule has 1 aromatic heterocycles. The van der Waals surface area contributed by atoms with Crippen LogP contribution >= 0.6 is 11.3 Å². The molecule has 190 valence electrons. The molecule has 8 heteroatoms. The Morgan fingerprint density at radius 2 is 1.44 bits per heavy atom. The van der Waals surface area contributed by atoms with E-state index in [0.29, 0.717) is 31.7 Å². The van der Waals surface area contributed by atoms with E-state index in [-0.39, 0.29) is 36.4 Å². The van der Waals surface area contributed by atoms with E-state index in [2.05, 4.69) is 4.90 Å². The zero-order valence-corrected chi connectivity index (χ0v) is 21.1. The molecule has 4 rings (SSSR count). The minimum absolute atomic E-state index is 0.0412. The van der Waals surface area contributed by atoms with Gasteiger partial charge in [0.1, 0.15) is 11.6 Å². The third-order valence-electron chi connectivity index (χ3n) is 6.40. The molecule has 36 heavy (non-hydrogen) atoms. The number of carbonyl (C=O) groups excluding carboxylic acids is 2. The molecule has 0 aliphatic carbocycles. The Morgan fingerprint density at radius 3 is 2.06 bits per heavy atom. The molecule has 0 N–H and O–H groups in total. The molecular weight excluding hydrogens is 480 g/mol. The molecule has 0 bridgehead atoms. The topological polar surface area (TPSA) is 43.9 Å². The van der Waals surface area contributed by atoms with Crippen molar-refractivity contribution in [2.24, 2.45) is 0 Å². The van der Waals surface area contributed by atoms with Gasteiger partial charge in [-0.3, -0.25) is 9.59 Å². The highest BCUT2D eigenvalue weighted by molar-refractivity contribution is 7.09. The summed E-state index contributed by atoms with van der Waals surface area (Å²) >= 11 is 1.57. The van der Waals surface area contributed by atoms with Crippen LogP contribution in [0, 0.1) is 11.6 Å². The number of benzene rings is 2. The maximum absolute atomic E-state index is 13.5. The first kappa shape index (κ1) is 26.0. The van der Waals surface area contributed by atoms with Crippen LogP contribution in [0.5, 0.6) is 0 Å². The van der Waals surface area contributed by atoms with Crippen molar-refractivity contribution in [3.63, 3.8) is 0 Å². The van der Waals surface area contributed by atoms with E-state index in [1.54, 1.807) is 45.4 Å². The predicted octanol–water partition coefficient (Wildman–Crippen LogP) is 4.72. The van der Waals surface area contributed by atoms with Gasteiger partial charge < -0.3 is 14.7 Å². The van der Waals surface area contributed by atoms with Crippen molar-refractivity contribution in [1.82, 2.24) is 14.7 Å². The predicted molar refractivity (Wildman–Crippen MR) is 137 cm³/mol. The van der Waals surface area contributed by atoms with Crippen LogP contribution in [-0.4, -0.2) is 59.2 Å². The summed E-state index contributed by atoms with van der Waals surface area (Å²) in [7, 11) is 0. The second kappa shape index (κ2) is 12.7. The Balaban J connectivity index is 1.48. The molecule has 0 unspecified atom stereocenters. The molecule has 1 saturated heterocycles. The molecule has 2 amide bonds. The van der Waals surface area contributed by atoms with Gasteiger partial charge >= 0.3 is 0 Å². The Bertz CT molecular complexity index is 1110. The van der Waals surface area contributed by atoms with Crippen molar-refractivity contribution >= 4 is 23.2 Å². The smallest absolute Gasteiger partial charge is 0.242 e. The first-order valence-electron chi connectivity index (χ1n) is 12.3. The van der Waals surface area contributed by atoms with Crippen LogP contribution in [0.3, 0.4) is 0 Å². The molecule has 2 aromatic carbocycles. The van der Waals surface area contributed by atoms with Gasteiger partial charge in [0.25, 0.3) is 0 Å². The molecule has 5 nitrogen and oxygen atoms in total. The van der Waals surface area contributed by atoms with Gasteiger partial charge in [-0.05, 0) is 72.8 Å². The monoisotopic (exact) mass is 511 g/mol.